The van der Waals surface area contributed by atoms with Crippen molar-refractivity contribution in [1.29, 1.82) is 0 Å². The molecule has 19 heavy (non-hydrogen) atoms. The quantitative estimate of drug-likeness (QED) is 0.640. The first-order valence-electron chi connectivity index (χ1n) is 6.01. The number of hydroxylamine groups is 1. The van der Waals surface area contributed by atoms with E-state index < -0.39 is 0 Å². The molecular formula is C15H16FNO2. The highest BCUT2D eigenvalue weighted by Gasteiger charge is 2.07. The maximum Gasteiger partial charge on any atom is 0.169 e. The number of nitrogens with one attached hydrogen (secondary N) is 1. The highest BCUT2D eigenvalue weighted by atomic mass is 19.1. The van der Waals surface area contributed by atoms with Crippen LogP contribution in [-0.2, 0) is 18.0 Å². The molecule has 2 aromatic carbocycles. The van der Waals surface area contributed by atoms with Gasteiger partial charge >= 0.3 is 0 Å². The van der Waals surface area contributed by atoms with Gasteiger partial charge in [-0.25, -0.2) is 4.39 Å². The third kappa shape index (κ3) is 3.77. The molecule has 0 aliphatic heterocycles. The van der Waals surface area contributed by atoms with E-state index in [9.17, 15) is 4.39 Å². The van der Waals surface area contributed by atoms with Crippen molar-refractivity contribution < 1.29 is 14.0 Å². The van der Waals surface area contributed by atoms with Crippen molar-refractivity contribution in [2.24, 2.45) is 0 Å². The van der Waals surface area contributed by atoms with Gasteiger partial charge in [0.25, 0.3) is 0 Å². The van der Waals surface area contributed by atoms with Crippen LogP contribution >= 0.6 is 0 Å². The van der Waals surface area contributed by atoms with Gasteiger partial charge in [0, 0.05) is 12.1 Å². The Morgan fingerprint density at radius 3 is 2.58 bits per heavy atom. The predicted octanol–water partition coefficient (Wildman–Crippen LogP) is 3.06. The standard InChI is InChI=1S/C15H16FNO2/c1-18-14-9-5-8-13(15(14)16)10-17-19-11-12-6-3-2-4-7-12/h2-9,17H,10-11H2,1H3. The summed E-state index contributed by atoms with van der Waals surface area (Å²) in [5.74, 6) is -0.122. The molecule has 0 heterocycles. The Hall–Kier alpha value is -1.91. The molecule has 0 unspecified atom stereocenters. The average molecular weight is 261 g/mol. The van der Waals surface area contributed by atoms with Gasteiger partial charge in [0.15, 0.2) is 11.6 Å². The average Bonchev–Trinajstić information content (AvgIpc) is 2.46. The molecule has 0 amide bonds. The van der Waals surface area contributed by atoms with Gasteiger partial charge in [-0.05, 0) is 11.6 Å². The molecule has 0 spiro atoms. The van der Waals surface area contributed by atoms with E-state index in [2.05, 4.69) is 5.48 Å². The lowest BCUT2D eigenvalue weighted by molar-refractivity contribution is 0.0229. The van der Waals surface area contributed by atoms with Gasteiger partial charge in [-0.3, -0.25) is 4.84 Å². The summed E-state index contributed by atoms with van der Waals surface area (Å²) < 4.78 is 18.7. The molecule has 0 radical (unpaired) electrons. The normalized spacial score (nSPS) is 10.4. The molecular weight excluding hydrogens is 245 g/mol. The fourth-order valence-electron chi connectivity index (χ4n) is 1.69. The zero-order chi connectivity index (χ0) is 13.5. The van der Waals surface area contributed by atoms with Crippen molar-refractivity contribution in [3.8, 4) is 5.75 Å². The second kappa shape index (κ2) is 6.87. The number of ether oxygens (including phenoxy) is 1. The number of hydrogen-bond acceptors (Lipinski definition) is 3. The van der Waals surface area contributed by atoms with E-state index in [-0.39, 0.29) is 18.1 Å². The van der Waals surface area contributed by atoms with Crippen LogP contribution in [0.25, 0.3) is 0 Å². The van der Waals surface area contributed by atoms with Gasteiger partial charge in [-0.1, -0.05) is 42.5 Å². The molecule has 2 aromatic rings. The first-order chi connectivity index (χ1) is 9.31. The van der Waals surface area contributed by atoms with Crippen molar-refractivity contribution in [2.75, 3.05) is 7.11 Å². The van der Waals surface area contributed by atoms with Crippen molar-refractivity contribution >= 4 is 0 Å². The monoisotopic (exact) mass is 261 g/mol. The molecule has 0 saturated carbocycles. The molecule has 0 aromatic heterocycles. The summed E-state index contributed by atoms with van der Waals surface area (Å²) in [6, 6.07) is 14.8. The van der Waals surface area contributed by atoms with E-state index in [1.807, 2.05) is 30.3 Å². The van der Waals surface area contributed by atoms with E-state index in [1.165, 1.54) is 7.11 Å². The minimum atomic E-state index is -0.360. The van der Waals surface area contributed by atoms with Crippen LogP contribution in [0.3, 0.4) is 0 Å². The highest BCUT2D eigenvalue weighted by molar-refractivity contribution is 5.30. The second-order valence-corrected chi connectivity index (χ2v) is 4.03. The maximum atomic E-state index is 13.8. The van der Waals surface area contributed by atoms with Gasteiger partial charge in [0.05, 0.1) is 13.7 Å². The number of halogens is 1. The molecule has 2 rings (SSSR count). The fraction of sp³-hybridized carbons (Fsp3) is 0.200. The summed E-state index contributed by atoms with van der Waals surface area (Å²) in [6.45, 7) is 0.724. The largest absolute Gasteiger partial charge is 0.494 e. The summed E-state index contributed by atoms with van der Waals surface area (Å²) in [4.78, 5) is 5.29. The van der Waals surface area contributed by atoms with Gasteiger partial charge in [0.2, 0.25) is 0 Å². The van der Waals surface area contributed by atoms with E-state index in [1.54, 1.807) is 18.2 Å². The van der Waals surface area contributed by atoms with Gasteiger partial charge in [0.1, 0.15) is 0 Å². The van der Waals surface area contributed by atoms with Crippen molar-refractivity contribution in [3.05, 3.63) is 65.5 Å². The lowest BCUT2D eigenvalue weighted by Gasteiger charge is -2.09. The molecule has 3 nitrogen and oxygen atoms in total. The van der Waals surface area contributed by atoms with Crippen LogP contribution < -0.4 is 10.2 Å². The Balaban J connectivity index is 1.83. The number of hydrogen-bond donors (Lipinski definition) is 1. The predicted molar refractivity (Wildman–Crippen MR) is 71.0 cm³/mol. The third-order valence-corrected chi connectivity index (χ3v) is 2.71. The van der Waals surface area contributed by atoms with Gasteiger partial charge in [-0.2, -0.15) is 5.48 Å². The van der Waals surface area contributed by atoms with Crippen LogP contribution in [0.4, 0.5) is 4.39 Å². The van der Waals surface area contributed by atoms with Crippen molar-refractivity contribution in [1.82, 2.24) is 5.48 Å². The zero-order valence-electron chi connectivity index (χ0n) is 10.7. The minimum absolute atomic E-state index is 0.238. The number of rotatable bonds is 6. The van der Waals surface area contributed by atoms with Gasteiger partial charge < -0.3 is 4.74 Å². The maximum absolute atomic E-state index is 13.8. The minimum Gasteiger partial charge on any atom is -0.494 e. The van der Waals surface area contributed by atoms with Crippen LogP contribution in [0.1, 0.15) is 11.1 Å². The Kier molecular flexibility index (Phi) is 4.89. The lowest BCUT2D eigenvalue weighted by atomic mass is 10.2. The molecule has 100 valence electrons. The van der Waals surface area contributed by atoms with Gasteiger partial charge in [-0.15, -0.1) is 0 Å². The summed E-state index contributed by atoms with van der Waals surface area (Å²) in [6.07, 6.45) is 0. The summed E-state index contributed by atoms with van der Waals surface area (Å²) >= 11 is 0. The summed E-state index contributed by atoms with van der Waals surface area (Å²) in [5.41, 5.74) is 4.31. The van der Waals surface area contributed by atoms with E-state index in [0.29, 0.717) is 12.2 Å². The molecule has 0 fully saturated rings. The summed E-state index contributed by atoms with van der Waals surface area (Å²) in [7, 11) is 1.45. The Morgan fingerprint density at radius 1 is 1.05 bits per heavy atom. The summed E-state index contributed by atoms with van der Waals surface area (Å²) in [5, 5.41) is 0. The smallest absolute Gasteiger partial charge is 0.169 e. The van der Waals surface area contributed by atoms with Crippen LogP contribution in [0.2, 0.25) is 0 Å². The van der Waals surface area contributed by atoms with Crippen molar-refractivity contribution in [2.45, 2.75) is 13.2 Å². The molecule has 0 bridgehead atoms. The Morgan fingerprint density at radius 2 is 1.84 bits per heavy atom. The molecule has 0 saturated heterocycles. The van der Waals surface area contributed by atoms with E-state index in [4.69, 9.17) is 9.57 Å². The molecule has 0 aliphatic carbocycles. The SMILES string of the molecule is COc1cccc(CNOCc2ccccc2)c1F. The third-order valence-electron chi connectivity index (χ3n) is 2.71. The van der Waals surface area contributed by atoms with Crippen LogP contribution in [0, 0.1) is 5.82 Å². The Bertz CT molecular complexity index is 517. The molecule has 4 heteroatoms. The number of methoxy groups -OCH3 is 1. The highest BCUT2D eigenvalue weighted by Crippen LogP contribution is 2.19. The number of benzene rings is 2. The first kappa shape index (κ1) is 13.5. The first-order valence-corrected chi connectivity index (χ1v) is 6.01. The van der Waals surface area contributed by atoms with E-state index in [0.717, 1.165) is 5.56 Å². The molecule has 0 atom stereocenters. The topological polar surface area (TPSA) is 30.5 Å². The molecule has 0 aliphatic rings. The lowest BCUT2D eigenvalue weighted by Crippen LogP contribution is -2.15. The van der Waals surface area contributed by atoms with Crippen LogP contribution in [0.5, 0.6) is 5.75 Å². The fourth-order valence-corrected chi connectivity index (χ4v) is 1.69. The van der Waals surface area contributed by atoms with Crippen molar-refractivity contribution in [3.63, 3.8) is 0 Å². The Labute approximate surface area is 111 Å². The second-order valence-electron chi connectivity index (χ2n) is 4.03. The van der Waals surface area contributed by atoms with E-state index >= 15 is 0 Å². The van der Waals surface area contributed by atoms with Crippen LogP contribution in [0.15, 0.2) is 48.5 Å². The zero-order valence-corrected chi connectivity index (χ0v) is 10.7. The van der Waals surface area contributed by atoms with Crippen LogP contribution in [-0.4, -0.2) is 7.11 Å². The molecule has 1 N–H and O–H groups in total.